The fourth-order valence-electron chi connectivity index (χ4n) is 2.25. The molecular formula is C14H21NO2. The van der Waals surface area contributed by atoms with Crippen molar-refractivity contribution < 1.29 is 9.84 Å². The van der Waals surface area contributed by atoms with Crippen molar-refractivity contribution in [1.82, 2.24) is 5.32 Å². The summed E-state index contributed by atoms with van der Waals surface area (Å²) in [5.74, 6) is 0. The van der Waals surface area contributed by atoms with Crippen molar-refractivity contribution >= 4 is 0 Å². The molecule has 3 nitrogen and oxygen atoms in total. The van der Waals surface area contributed by atoms with Crippen LogP contribution in [0.15, 0.2) is 24.3 Å². The Morgan fingerprint density at radius 1 is 1.53 bits per heavy atom. The zero-order chi connectivity index (χ0) is 12.3. The third-order valence-electron chi connectivity index (χ3n) is 3.50. The number of hydrogen-bond acceptors (Lipinski definition) is 3. The summed E-state index contributed by atoms with van der Waals surface area (Å²) in [4.78, 5) is 0. The molecule has 0 bridgehead atoms. The lowest BCUT2D eigenvalue weighted by Crippen LogP contribution is -2.45. The van der Waals surface area contributed by atoms with Gasteiger partial charge in [0.1, 0.15) is 5.60 Å². The van der Waals surface area contributed by atoms with E-state index in [4.69, 9.17) is 4.74 Å². The number of hydrogen-bond donors (Lipinski definition) is 2. The van der Waals surface area contributed by atoms with Gasteiger partial charge in [-0.05, 0) is 19.4 Å². The molecule has 3 heteroatoms. The highest BCUT2D eigenvalue weighted by atomic mass is 16.5. The molecule has 1 aliphatic rings. The fourth-order valence-corrected chi connectivity index (χ4v) is 2.25. The molecule has 0 spiro atoms. The van der Waals surface area contributed by atoms with Crippen LogP contribution in [0.1, 0.15) is 24.5 Å². The second-order valence-electron chi connectivity index (χ2n) is 4.96. The summed E-state index contributed by atoms with van der Waals surface area (Å²) in [6.07, 6.45) is 0.641. The Kier molecular flexibility index (Phi) is 3.82. The van der Waals surface area contributed by atoms with E-state index in [0.29, 0.717) is 13.2 Å². The van der Waals surface area contributed by atoms with E-state index in [-0.39, 0.29) is 6.10 Å². The molecule has 1 aromatic rings. The molecule has 2 unspecified atom stereocenters. The molecule has 0 saturated carbocycles. The van der Waals surface area contributed by atoms with E-state index in [2.05, 4.69) is 36.5 Å². The first kappa shape index (κ1) is 12.6. The summed E-state index contributed by atoms with van der Waals surface area (Å²) in [6.45, 7) is 6.05. The van der Waals surface area contributed by atoms with Gasteiger partial charge in [0.15, 0.2) is 0 Å². The zero-order valence-electron chi connectivity index (χ0n) is 10.6. The molecule has 1 heterocycles. The first-order chi connectivity index (χ1) is 8.10. The van der Waals surface area contributed by atoms with E-state index >= 15 is 0 Å². The predicted octanol–water partition coefficient (Wildman–Crippen LogP) is 1.62. The van der Waals surface area contributed by atoms with Crippen molar-refractivity contribution in [1.29, 1.82) is 0 Å². The van der Waals surface area contributed by atoms with Gasteiger partial charge in [0.2, 0.25) is 0 Å². The van der Waals surface area contributed by atoms with E-state index in [9.17, 15) is 5.11 Å². The summed E-state index contributed by atoms with van der Waals surface area (Å²) < 4.78 is 5.40. The van der Waals surface area contributed by atoms with Gasteiger partial charge >= 0.3 is 0 Å². The van der Waals surface area contributed by atoms with Gasteiger partial charge in [-0.15, -0.1) is 0 Å². The number of aryl methyl sites for hydroxylation is 1. The number of aliphatic hydroxyl groups is 1. The first-order valence-electron chi connectivity index (χ1n) is 6.20. The molecule has 2 atom stereocenters. The Morgan fingerprint density at radius 2 is 2.35 bits per heavy atom. The van der Waals surface area contributed by atoms with Crippen molar-refractivity contribution in [3.05, 3.63) is 35.4 Å². The van der Waals surface area contributed by atoms with Gasteiger partial charge in [-0.1, -0.05) is 29.8 Å². The highest BCUT2D eigenvalue weighted by molar-refractivity contribution is 5.22. The Morgan fingerprint density at radius 3 is 3.00 bits per heavy atom. The number of benzene rings is 1. The average Bonchev–Trinajstić information content (AvgIpc) is 2.60. The second-order valence-corrected chi connectivity index (χ2v) is 4.96. The lowest BCUT2D eigenvalue weighted by Gasteiger charge is -2.26. The lowest BCUT2D eigenvalue weighted by atomic mass is 9.96. The first-order valence-corrected chi connectivity index (χ1v) is 6.20. The Bertz CT molecular complexity index is 380. The standard InChI is InChI=1S/C14H21NO2/c1-11-4-3-5-13(8-11)9-15-10-14(16)6-7-17-12(14)2/h3-5,8,12,15-16H,6-7,9-10H2,1-2H3. The van der Waals surface area contributed by atoms with Crippen molar-refractivity contribution in [2.45, 2.75) is 38.5 Å². The van der Waals surface area contributed by atoms with E-state index < -0.39 is 5.60 Å². The van der Waals surface area contributed by atoms with Gasteiger partial charge in [0, 0.05) is 26.1 Å². The van der Waals surface area contributed by atoms with E-state index in [1.165, 1.54) is 11.1 Å². The van der Waals surface area contributed by atoms with E-state index in [0.717, 1.165) is 13.0 Å². The number of rotatable bonds is 4. The third kappa shape index (κ3) is 3.06. The minimum atomic E-state index is -0.705. The normalized spacial score (nSPS) is 28.5. The Balaban J connectivity index is 1.83. The molecule has 0 amide bonds. The summed E-state index contributed by atoms with van der Waals surface area (Å²) >= 11 is 0. The van der Waals surface area contributed by atoms with Gasteiger partial charge in [0.25, 0.3) is 0 Å². The SMILES string of the molecule is Cc1cccc(CNCC2(O)CCOC2C)c1. The molecule has 0 radical (unpaired) electrons. The lowest BCUT2D eigenvalue weighted by molar-refractivity contribution is -0.0262. The van der Waals surface area contributed by atoms with Crippen molar-refractivity contribution in [2.24, 2.45) is 0 Å². The van der Waals surface area contributed by atoms with Crippen LogP contribution < -0.4 is 5.32 Å². The average molecular weight is 235 g/mol. The predicted molar refractivity (Wildman–Crippen MR) is 67.9 cm³/mol. The maximum atomic E-state index is 10.3. The van der Waals surface area contributed by atoms with Gasteiger partial charge in [0.05, 0.1) is 6.10 Å². The summed E-state index contributed by atoms with van der Waals surface area (Å²) in [5, 5.41) is 13.6. The summed E-state index contributed by atoms with van der Waals surface area (Å²) in [6, 6.07) is 8.40. The molecule has 2 N–H and O–H groups in total. The quantitative estimate of drug-likeness (QED) is 0.833. The molecule has 1 fully saturated rings. The fraction of sp³-hybridized carbons (Fsp3) is 0.571. The summed E-state index contributed by atoms with van der Waals surface area (Å²) in [7, 11) is 0. The number of nitrogens with one attached hydrogen (secondary N) is 1. The van der Waals surface area contributed by atoms with Crippen LogP contribution in [0.25, 0.3) is 0 Å². The van der Waals surface area contributed by atoms with Crippen LogP contribution in [0.5, 0.6) is 0 Å². The number of ether oxygens (including phenoxy) is 1. The molecule has 17 heavy (non-hydrogen) atoms. The highest BCUT2D eigenvalue weighted by Crippen LogP contribution is 2.24. The van der Waals surface area contributed by atoms with Crippen molar-refractivity contribution in [3.8, 4) is 0 Å². The second kappa shape index (κ2) is 5.17. The van der Waals surface area contributed by atoms with Crippen LogP contribution in [0.3, 0.4) is 0 Å². The van der Waals surface area contributed by atoms with Gasteiger partial charge in [-0.2, -0.15) is 0 Å². The van der Waals surface area contributed by atoms with Crippen LogP contribution in [0, 0.1) is 6.92 Å². The van der Waals surface area contributed by atoms with Crippen LogP contribution in [0.2, 0.25) is 0 Å². The van der Waals surface area contributed by atoms with E-state index in [1.807, 2.05) is 6.92 Å². The van der Waals surface area contributed by atoms with Crippen LogP contribution >= 0.6 is 0 Å². The molecular weight excluding hydrogens is 214 g/mol. The van der Waals surface area contributed by atoms with E-state index in [1.54, 1.807) is 0 Å². The molecule has 1 saturated heterocycles. The Labute approximate surface area is 103 Å². The molecule has 1 aliphatic heterocycles. The Hall–Kier alpha value is -0.900. The zero-order valence-corrected chi connectivity index (χ0v) is 10.6. The van der Waals surface area contributed by atoms with Gasteiger partial charge < -0.3 is 15.2 Å². The third-order valence-corrected chi connectivity index (χ3v) is 3.50. The highest BCUT2D eigenvalue weighted by Gasteiger charge is 2.38. The maximum Gasteiger partial charge on any atom is 0.105 e. The molecule has 2 rings (SSSR count). The van der Waals surface area contributed by atoms with Crippen molar-refractivity contribution in [2.75, 3.05) is 13.2 Å². The largest absolute Gasteiger partial charge is 0.386 e. The topological polar surface area (TPSA) is 41.5 Å². The maximum absolute atomic E-state index is 10.3. The smallest absolute Gasteiger partial charge is 0.105 e. The van der Waals surface area contributed by atoms with Gasteiger partial charge in [-0.25, -0.2) is 0 Å². The minimum Gasteiger partial charge on any atom is -0.386 e. The molecule has 0 aliphatic carbocycles. The monoisotopic (exact) mass is 235 g/mol. The van der Waals surface area contributed by atoms with Crippen LogP contribution in [-0.4, -0.2) is 30.0 Å². The minimum absolute atomic E-state index is 0.0764. The van der Waals surface area contributed by atoms with Gasteiger partial charge in [-0.3, -0.25) is 0 Å². The van der Waals surface area contributed by atoms with Crippen molar-refractivity contribution in [3.63, 3.8) is 0 Å². The molecule has 1 aromatic carbocycles. The molecule has 0 aromatic heterocycles. The van der Waals surface area contributed by atoms with Crippen LogP contribution in [0.4, 0.5) is 0 Å². The summed E-state index contributed by atoms with van der Waals surface area (Å²) in [5.41, 5.74) is 1.81. The van der Waals surface area contributed by atoms with Crippen LogP contribution in [-0.2, 0) is 11.3 Å². The molecule has 94 valence electrons.